The first-order chi connectivity index (χ1) is 9.83. The van der Waals surface area contributed by atoms with Gasteiger partial charge in [-0.15, -0.1) is 0 Å². The second-order valence-corrected chi connectivity index (χ2v) is 4.42. The third kappa shape index (κ3) is 2.69. The molecule has 3 aromatic rings. The third-order valence-electron chi connectivity index (χ3n) is 2.99. The fraction of sp³-hybridized carbons (Fsp3) is 0. The van der Waals surface area contributed by atoms with Gasteiger partial charge in [-0.2, -0.15) is 0 Å². The third-order valence-corrected chi connectivity index (χ3v) is 2.99. The SMILES string of the molecule is Fc1cccc(-c2ccccc2Oc2ccccc2)c1. The maximum absolute atomic E-state index is 13.4. The summed E-state index contributed by atoms with van der Waals surface area (Å²) in [5.41, 5.74) is 1.67. The summed E-state index contributed by atoms with van der Waals surface area (Å²) in [6.07, 6.45) is 0. The molecule has 0 saturated carbocycles. The molecule has 98 valence electrons. The quantitative estimate of drug-likeness (QED) is 0.625. The molecule has 3 rings (SSSR count). The van der Waals surface area contributed by atoms with Crippen molar-refractivity contribution in [3.05, 3.63) is 84.7 Å². The molecule has 2 heteroatoms. The van der Waals surface area contributed by atoms with E-state index in [0.717, 1.165) is 16.9 Å². The molecule has 0 atom stereocenters. The van der Waals surface area contributed by atoms with Gasteiger partial charge in [-0.3, -0.25) is 0 Å². The minimum absolute atomic E-state index is 0.253. The van der Waals surface area contributed by atoms with Crippen LogP contribution in [0.2, 0.25) is 0 Å². The minimum atomic E-state index is -0.253. The molecule has 0 unspecified atom stereocenters. The second-order valence-electron chi connectivity index (χ2n) is 4.42. The fourth-order valence-corrected chi connectivity index (χ4v) is 2.07. The standard InChI is InChI=1S/C18H13FO/c19-15-8-6-7-14(13-15)17-11-4-5-12-18(17)20-16-9-2-1-3-10-16/h1-13H. The molecule has 3 aromatic carbocycles. The highest BCUT2D eigenvalue weighted by Gasteiger charge is 2.07. The Kier molecular flexibility index (Phi) is 3.46. The molecule has 0 N–H and O–H groups in total. The monoisotopic (exact) mass is 264 g/mol. The van der Waals surface area contributed by atoms with Gasteiger partial charge in [0.25, 0.3) is 0 Å². The maximum Gasteiger partial charge on any atom is 0.135 e. The van der Waals surface area contributed by atoms with Crippen LogP contribution in [0.1, 0.15) is 0 Å². The molecule has 0 amide bonds. The van der Waals surface area contributed by atoms with Crippen LogP contribution in [0.3, 0.4) is 0 Å². The van der Waals surface area contributed by atoms with Crippen LogP contribution in [0.25, 0.3) is 11.1 Å². The molecule has 0 heterocycles. The molecule has 0 bridgehead atoms. The van der Waals surface area contributed by atoms with E-state index in [9.17, 15) is 4.39 Å². The van der Waals surface area contributed by atoms with E-state index in [-0.39, 0.29) is 5.82 Å². The molecule has 0 aliphatic rings. The van der Waals surface area contributed by atoms with Gasteiger partial charge in [0, 0.05) is 5.56 Å². The lowest BCUT2D eigenvalue weighted by atomic mass is 10.0. The van der Waals surface area contributed by atoms with Crippen molar-refractivity contribution in [1.29, 1.82) is 0 Å². The van der Waals surface area contributed by atoms with Crippen LogP contribution in [-0.2, 0) is 0 Å². The Balaban J connectivity index is 2.00. The van der Waals surface area contributed by atoms with Crippen molar-refractivity contribution < 1.29 is 9.13 Å². The van der Waals surface area contributed by atoms with E-state index >= 15 is 0 Å². The summed E-state index contributed by atoms with van der Waals surface area (Å²) in [6, 6.07) is 23.7. The van der Waals surface area contributed by atoms with Crippen LogP contribution < -0.4 is 4.74 Å². The Labute approximate surface area is 117 Å². The zero-order valence-electron chi connectivity index (χ0n) is 10.8. The van der Waals surface area contributed by atoms with Gasteiger partial charge in [-0.05, 0) is 35.9 Å². The van der Waals surface area contributed by atoms with Gasteiger partial charge in [-0.1, -0.05) is 48.5 Å². The van der Waals surface area contributed by atoms with E-state index in [1.54, 1.807) is 6.07 Å². The first kappa shape index (κ1) is 12.4. The van der Waals surface area contributed by atoms with E-state index < -0.39 is 0 Å². The van der Waals surface area contributed by atoms with Crippen LogP contribution in [0.15, 0.2) is 78.9 Å². The van der Waals surface area contributed by atoms with Crippen molar-refractivity contribution in [3.63, 3.8) is 0 Å². The summed E-state index contributed by atoms with van der Waals surface area (Å²) >= 11 is 0. The topological polar surface area (TPSA) is 9.23 Å². The molecular formula is C18H13FO. The zero-order chi connectivity index (χ0) is 13.8. The first-order valence-electron chi connectivity index (χ1n) is 6.41. The summed E-state index contributed by atoms with van der Waals surface area (Å²) in [4.78, 5) is 0. The molecule has 0 aromatic heterocycles. The molecular weight excluding hydrogens is 251 g/mol. The lowest BCUT2D eigenvalue weighted by molar-refractivity contribution is 0.484. The smallest absolute Gasteiger partial charge is 0.135 e. The molecule has 0 saturated heterocycles. The predicted molar refractivity (Wildman–Crippen MR) is 78.4 cm³/mol. The average Bonchev–Trinajstić information content (AvgIpc) is 2.49. The highest BCUT2D eigenvalue weighted by molar-refractivity contribution is 5.70. The summed E-state index contributed by atoms with van der Waals surface area (Å²) in [7, 11) is 0. The van der Waals surface area contributed by atoms with Gasteiger partial charge >= 0.3 is 0 Å². The van der Waals surface area contributed by atoms with Crippen molar-refractivity contribution in [1.82, 2.24) is 0 Å². The Hall–Kier alpha value is -2.61. The first-order valence-corrected chi connectivity index (χ1v) is 6.41. The van der Waals surface area contributed by atoms with E-state index in [4.69, 9.17) is 4.74 Å². The summed E-state index contributed by atoms with van der Waals surface area (Å²) in [5, 5.41) is 0. The maximum atomic E-state index is 13.4. The Morgan fingerprint density at radius 2 is 1.45 bits per heavy atom. The predicted octanol–water partition coefficient (Wildman–Crippen LogP) is 5.29. The number of benzene rings is 3. The van der Waals surface area contributed by atoms with Gasteiger partial charge in [0.05, 0.1) is 0 Å². The summed E-state index contributed by atoms with van der Waals surface area (Å²) in [6.45, 7) is 0. The number of rotatable bonds is 3. The molecule has 20 heavy (non-hydrogen) atoms. The van der Waals surface area contributed by atoms with Gasteiger partial charge < -0.3 is 4.74 Å². The van der Waals surface area contributed by atoms with Crippen molar-refractivity contribution in [2.75, 3.05) is 0 Å². The van der Waals surface area contributed by atoms with Crippen LogP contribution >= 0.6 is 0 Å². The number of halogens is 1. The van der Waals surface area contributed by atoms with Gasteiger partial charge in [0.15, 0.2) is 0 Å². The van der Waals surface area contributed by atoms with Crippen molar-refractivity contribution in [3.8, 4) is 22.6 Å². The number of ether oxygens (including phenoxy) is 1. The summed E-state index contributed by atoms with van der Waals surface area (Å²) < 4.78 is 19.3. The highest BCUT2D eigenvalue weighted by Crippen LogP contribution is 2.33. The normalized spacial score (nSPS) is 10.2. The van der Waals surface area contributed by atoms with Gasteiger partial charge in [0.2, 0.25) is 0 Å². The summed E-state index contributed by atoms with van der Waals surface area (Å²) in [5.74, 6) is 1.22. The molecule has 0 spiro atoms. The lowest BCUT2D eigenvalue weighted by Gasteiger charge is -2.11. The van der Waals surface area contributed by atoms with E-state index in [1.165, 1.54) is 12.1 Å². The molecule has 0 radical (unpaired) electrons. The van der Waals surface area contributed by atoms with Gasteiger partial charge in [0.1, 0.15) is 17.3 Å². The lowest BCUT2D eigenvalue weighted by Crippen LogP contribution is -1.88. The Morgan fingerprint density at radius 1 is 0.700 bits per heavy atom. The molecule has 1 nitrogen and oxygen atoms in total. The van der Waals surface area contributed by atoms with Crippen molar-refractivity contribution >= 4 is 0 Å². The Morgan fingerprint density at radius 3 is 2.25 bits per heavy atom. The number of hydrogen-bond acceptors (Lipinski definition) is 1. The van der Waals surface area contributed by atoms with Crippen LogP contribution in [0.5, 0.6) is 11.5 Å². The molecule has 0 aliphatic heterocycles. The molecule has 0 fully saturated rings. The number of hydrogen-bond donors (Lipinski definition) is 0. The zero-order valence-corrected chi connectivity index (χ0v) is 10.8. The van der Waals surface area contributed by atoms with Crippen molar-refractivity contribution in [2.24, 2.45) is 0 Å². The van der Waals surface area contributed by atoms with Crippen LogP contribution in [0.4, 0.5) is 4.39 Å². The minimum Gasteiger partial charge on any atom is -0.457 e. The average molecular weight is 264 g/mol. The van der Waals surface area contributed by atoms with Crippen LogP contribution in [-0.4, -0.2) is 0 Å². The molecule has 0 aliphatic carbocycles. The fourth-order valence-electron chi connectivity index (χ4n) is 2.07. The second kappa shape index (κ2) is 5.57. The van der Waals surface area contributed by atoms with E-state index in [0.29, 0.717) is 5.75 Å². The Bertz CT molecular complexity index is 707. The largest absolute Gasteiger partial charge is 0.457 e. The van der Waals surface area contributed by atoms with Crippen molar-refractivity contribution in [2.45, 2.75) is 0 Å². The van der Waals surface area contributed by atoms with E-state index in [1.807, 2.05) is 60.7 Å². The van der Waals surface area contributed by atoms with E-state index in [2.05, 4.69) is 0 Å². The van der Waals surface area contributed by atoms with Gasteiger partial charge in [-0.25, -0.2) is 4.39 Å². The number of para-hydroxylation sites is 2. The highest BCUT2D eigenvalue weighted by atomic mass is 19.1. The van der Waals surface area contributed by atoms with Crippen LogP contribution in [0, 0.1) is 5.82 Å².